The van der Waals surface area contributed by atoms with Crippen LogP contribution in [0.3, 0.4) is 0 Å². The smallest absolute Gasteiger partial charge is 0.342 e. The Bertz CT molecular complexity index is 1140. The molecule has 3 aromatic rings. The maximum absolute atomic E-state index is 13.4. The minimum Gasteiger partial charge on any atom is -0.507 e. The maximum Gasteiger partial charge on any atom is 0.342 e. The van der Waals surface area contributed by atoms with Gasteiger partial charge in [-0.3, -0.25) is 4.79 Å². The first-order valence-electron chi connectivity index (χ1n) is 10.2. The molecule has 1 fully saturated rings. The van der Waals surface area contributed by atoms with Crippen molar-refractivity contribution in [2.24, 2.45) is 0 Å². The monoisotopic (exact) mass is 422 g/mol. The standard InChI is InChI=1S/C23H23FN4O3/c1-2-22(30)26-17-8-9-18(21(29)11-17)19-12-20(15-6-7-15)28(27-19)23(31)25-13-14-4-3-5-16(24)10-14/h3-5,8-12,15,29H,2,6-7,13H2,1H3,(H,25,31)(H,26,30). The van der Waals surface area contributed by atoms with Crippen LogP contribution in [0.2, 0.25) is 0 Å². The maximum atomic E-state index is 13.4. The van der Waals surface area contributed by atoms with E-state index in [9.17, 15) is 19.1 Å². The molecule has 3 N–H and O–H groups in total. The Morgan fingerprint density at radius 2 is 2.00 bits per heavy atom. The molecule has 1 saturated carbocycles. The molecule has 1 aliphatic carbocycles. The molecular weight excluding hydrogens is 399 g/mol. The number of phenols is 1. The van der Waals surface area contributed by atoms with E-state index in [1.165, 1.54) is 22.9 Å². The highest BCUT2D eigenvalue weighted by atomic mass is 19.1. The molecule has 31 heavy (non-hydrogen) atoms. The van der Waals surface area contributed by atoms with Crippen molar-refractivity contribution in [3.63, 3.8) is 0 Å². The molecule has 0 saturated heterocycles. The number of hydrogen-bond donors (Lipinski definition) is 3. The first-order chi connectivity index (χ1) is 14.9. The summed E-state index contributed by atoms with van der Waals surface area (Å²) in [5.41, 5.74) is 2.84. The zero-order valence-corrected chi connectivity index (χ0v) is 17.1. The van der Waals surface area contributed by atoms with Crippen molar-refractivity contribution in [3.05, 3.63) is 65.6 Å². The van der Waals surface area contributed by atoms with Crippen LogP contribution in [-0.2, 0) is 11.3 Å². The number of aromatic hydroxyl groups is 1. The summed E-state index contributed by atoms with van der Waals surface area (Å²) in [4.78, 5) is 24.3. The molecule has 1 aromatic heterocycles. The summed E-state index contributed by atoms with van der Waals surface area (Å²) >= 11 is 0. The predicted molar refractivity (Wildman–Crippen MR) is 114 cm³/mol. The van der Waals surface area contributed by atoms with E-state index < -0.39 is 6.03 Å². The molecule has 0 unspecified atom stereocenters. The molecule has 8 heteroatoms. The van der Waals surface area contributed by atoms with Gasteiger partial charge in [0.15, 0.2) is 0 Å². The molecule has 0 spiro atoms. The van der Waals surface area contributed by atoms with Crippen molar-refractivity contribution in [1.82, 2.24) is 15.1 Å². The van der Waals surface area contributed by atoms with Crippen molar-refractivity contribution in [1.29, 1.82) is 0 Å². The van der Waals surface area contributed by atoms with Crippen molar-refractivity contribution < 1.29 is 19.1 Å². The number of carbonyl (C=O) groups is 2. The van der Waals surface area contributed by atoms with Gasteiger partial charge in [-0.05, 0) is 48.7 Å². The summed E-state index contributed by atoms with van der Waals surface area (Å²) in [7, 11) is 0. The zero-order valence-electron chi connectivity index (χ0n) is 17.1. The Hall–Kier alpha value is -3.68. The predicted octanol–water partition coefficient (Wildman–Crippen LogP) is 4.38. The summed E-state index contributed by atoms with van der Waals surface area (Å²) in [5, 5.41) is 20.3. The van der Waals surface area contributed by atoms with Gasteiger partial charge in [-0.2, -0.15) is 9.78 Å². The Balaban J connectivity index is 1.56. The largest absolute Gasteiger partial charge is 0.507 e. The molecule has 4 rings (SSSR count). The lowest BCUT2D eigenvalue weighted by Gasteiger charge is -2.08. The minimum atomic E-state index is -0.413. The lowest BCUT2D eigenvalue weighted by molar-refractivity contribution is -0.115. The zero-order chi connectivity index (χ0) is 22.0. The van der Waals surface area contributed by atoms with Crippen LogP contribution in [0.5, 0.6) is 5.75 Å². The van der Waals surface area contributed by atoms with Gasteiger partial charge in [0.2, 0.25) is 5.91 Å². The summed E-state index contributed by atoms with van der Waals surface area (Å²) in [5.74, 6) is -0.309. The number of benzene rings is 2. The molecule has 0 aliphatic heterocycles. The highest BCUT2D eigenvalue weighted by Crippen LogP contribution is 2.42. The number of carbonyl (C=O) groups excluding carboxylic acids is 2. The molecule has 2 aromatic carbocycles. The Morgan fingerprint density at radius 3 is 2.68 bits per heavy atom. The highest BCUT2D eigenvalue weighted by molar-refractivity contribution is 5.91. The lowest BCUT2D eigenvalue weighted by Crippen LogP contribution is -2.30. The van der Waals surface area contributed by atoms with Crippen molar-refractivity contribution >= 4 is 17.6 Å². The second-order valence-electron chi connectivity index (χ2n) is 7.56. The topological polar surface area (TPSA) is 96.3 Å². The first kappa shape index (κ1) is 20.6. The Morgan fingerprint density at radius 1 is 1.19 bits per heavy atom. The molecule has 0 atom stereocenters. The van der Waals surface area contributed by atoms with Crippen molar-refractivity contribution in [2.75, 3.05) is 5.32 Å². The van der Waals surface area contributed by atoms with E-state index in [0.29, 0.717) is 28.9 Å². The van der Waals surface area contributed by atoms with Crippen LogP contribution in [0.15, 0.2) is 48.5 Å². The number of anilines is 1. The quantitative estimate of drug-likeness (QED) is 0.549. The van der Waals surface area contributed by atoms with Gasteiger partial charge in [0.05, 0.1) is 11.4 Å². The number of aromatic nitrogens is 2. The van der Waals surface area contributed by atoms with Crippen LogP contribution < -0.4 is 10.6 Å². The van der Waals surface area contributed by atoms with Crippen LogP contribution >= 0.6 is 0 Å². The first-order valence-corrected chi connectivity index (χ1v) is 10.2. The average molecular weight is 422 g/mol. The van der Waals surface area contributed by atoms with Gasteiger partial charge in [-0.25, -0.2) is 9.18 Å². The van der Waals surface area contributed by atoms with Crippen LogP contribution in [-0.4, -0.2) is 26.8 Å². The van der Waals surface area contributed by atoms with Gasteiger partial charge in [0.25, 0.3) is 0 Å². The summed E-state index contributed by atoms with van der Waals surface area (Å²) < 4.78 is 14.7. The molecule has 160 valence electrons. The SMILES string of the molecule is CCC(=O)Nc1ccc(-c2cc(C3CC3)n(C(=O)NCc3cccc(F)c3)n2)c(O)c1. The molecule has 0 radical (unpaired) electrons. The molecule has 1 aliphatic rings. The number of hydrogen-bond acceptors (Lipinski definition) is 4. The third-order valence-corrected chi connectivity index (χ3v) is 5.14. The molecule has 2 amide bonds. The molecule has 1 heterocycles. The van der Waals surface area contributed by atoms with Crippen molar-refractivity contribution in [2.45, 2.75) is 38.6 Å². The fourth-order valence-corrected chi connectivity index (χ4v) is 3.33. The van der Waals surface area contributed by atoms with E-state index in [0.717, 1.165) is 18.5 Å². The average Bonchev–Trinajstić information content (AvgIpc) is 3.50. The lowest BCUT2D eigenvalue weighted by atomic mass is 10.1. The number of nitrogens with one attached hydrogen (secondary N) is 2. The number of amides is 2. The number of phenolic OH excluding ortho intramolecular Hbond substituents is 1. The fraction of sp³-hybridized carbons (Fsp3) is 0.261. The van der Waals surface area contributed by atoms with Crippen LogP contribution in [0.1, 0.15) is 43.4 Å². The van der Waals surface area contributed by atoms with Crippen LogP contribution in [0.25, 0.3) is 11.3 Å². The van der Waals surface area contributed by atoms with Crippen molar-refractivity contribution in [3.8, 4) is 17.0 Å². The van der Waals surface area contributed by atoms with E-state index in [4.69, 9.17) is 0 Å². The normalized spacial score (nSPS) is 13.1. The Kier molecular flexibility index (Phi) is 5.70. The van der Waals surface area contributed by atoms with Crippen LogP contribution in [0.4, 0.5) is 14.9 Å². The van der Waals surface area contributed by atoms with Crippen LogP contribution in [0, 0.1) is 5.82 Å². The van der Waals surface area contributed by atoms with Gasteiger partial charge >= 0.3 is 6.03 Å². The van der Waals surface area contributed by atoms with E-state index in [1.54, 1.807) is 37.3 Å². The minimum absolute atomic E-state index is 0.0407. The third-order valence-electron chi connectivity index (χ3n) is 5.14. The van der Waals surface area contributed by atoms with E-state index in [-0.39, 0.29) is 29.9 Å². The van der Waals surface area contributed by atoms with Gasteiger partial charge in [0, 0.05) is 36.2 Å². The van der Waals surface area contributed by atoms with Gasteiger partial charge in [-0.1, -0.05) is 19.1 Å². The number of halogens is 1. The number of rotatable bonds is 6. The second kappa shape index (κ2) is 8.59. The summed E-state index contributed by atoms with van der Waals surface area (Å²) in [6, 6.07) is 12.2. The van der Waals surface area contributed by atoms with E-state index >= 15 is 0 Å². The van der Waals surface area contributed by atoms with E-state index in [2.05, 4.69) is 15.7 Å². The third kappa shape index (κ3) is 4.74. The highest BCUT2D eigenvalue weighted by Gasteiger charge is 2.30. The molecular formula is C23H23FN4O3. The Labute approximate surface area is 178 Å². The summed E-state index contributed by atoms with van der Waals surface area (Å²) in [6.07, 6.45) is 2.27. The molecule has 7 nitrogen and oxygen atoms in total. The second-order valence-corrected chi connectivity index (χ2v) is 7.56. The van der Waals surface area contributed by atoms with Gasteiger partial charge < -0.3 is 15.7 Å². The van der Waals surface area contributed by atoms with Gasteiger partial charge in [0.1, 0.15) is 11.6 Å². The molecule has 0 bridgehead atoms. The van der Waals surface area contributed by atoms with E-state index in [1.807, 2.05) is 0 Å². The van der Waals surface area contributed by atoms with Gasteiger partial charge in [-0.15, -0.1) is 0 Å². The number of nitrogens with zero attached hydrogens (tertiary/aromatic N) is 2. The summed E-state index contributed by atoms with van der Waals surface area (Å²) in [6.45, 7) is 1.92. The fourth-order valence-electron chi connectivity index (χ4n) is 3.33.